The molecule has 0 bridgehead atoms. The summed E-state index contributed by atoms with van der Waals surface area (Å²) in [6.07, 6.45) is 1.84. The van der Waals surface area contributed by atoms with Crippen LogP contribution in [0.3, 0.4) is 0 Å². The quantitative estimate of drug-likeness (QED) is 0.795. The van der Waals surface area contributed by atoms with Gasteiger partial charge in [-0.25, -0.2) is 4.99 Å². The Labute approximate surface area is 146 Å². The van der Waals surface area contributed by atoms with Crippen molar-refractivity contribution < 1.29 is 9.53 Å². The standard InChI is InChI=1S/C17H13BrN2O2S/c1-22-14-7-5-11(6-8-14)9-15-16(21)20-17(23-15)19-13-4-2-3-12(18)10-13/h2-10H,1H3,(H,19,20,21). The van der Waals surface area contributed by atoms with E-state index in [0.29, 0.717) is 10.1 Å². The molecule has 0 saturated carbocycles. The number of hydrogen-bond acceptors (Lipinski definition) is 4. The maximum atomic E-state index is 12.1. The molecule has 2 aromatic carbocycles. The highest BCUT2D eigenvalue weighted by atomic mass is 79.9. The molecule has 4 nitrogen and oxygen atoms in total. The molecule has 1 saturated heterocycles. The van der Waals surface area contributed by atoms with Crippen LogP contribution >= 0.6 is 27.7 Å². The van der Waals surface area contributed by atoms with Crippen molar-refractivity contribution in [2.24, 2.45) is 4.99 Å². The molecule has 1 aliphatic heterocycles. The Hall–Kier alpha value is -2.05. The monoisotopic (exact) mass is 388 g/mol. The van der Waals surface area contributed by atoms with Gasteiger partial charge in [-0.1, -0.05) is 34.1 Å². The van der Waals surface area contributed by atoms with Gasteiger partial charge in [0.2, 0.25) is 0 Å². The smallest absolute Gasteiger partial charge is 0.264 e. The highest BCUT2D eigenvalue weighted by molar-refractivity contribution is 9.10. The molecule has 23 heavy (non-hydrogen) atoms. The number of nitrogens with one attached hydrogen (secondary N) is 1. The van der Waals surface area contributed by atoms with Gasteiger partial charge in [-0.05, 0) is 53.7 Å². The largest absolute Gasteiger partial charge is 0.497 e. The molecule has 0 unspecified atom stereocenters. The Morgan fingerprint density at radius 1 is 1.22 bits per heavy atom. The van der Waals surface area contributed by atoms with Crippen LogP contribution in [-0.4, -0.2) is 18.2 Å². The van der Waals surface area contributed by atoms with Crippen molar-refractivity contribution in [2.75, 3.05) is 7.11 Å². The van der Waals surface area contributed by atoms with Crippen LogP contribution in [-0.2, 0) is 4.79 Å². The number of rotatable bonds is 3. The first kappa shape index (κ1) is 15.8. The number of benzene rings is 2. The molecule has 0 atom stereocenters. The van der Waals surface area contributed by atoms with E-state index in [1.807, 2.05) is 54.6 Å². The van der Waals surface area contributed by atoms with E-state index >= 15 is 0 Å². The number of amides is 1. The number of hydrogen-bond donors (Lipinski definition) is 1. The van der Waals surface area contributed by atoms with Crippen molar-refractivity contribution in [3.8, 4) is 5.75 Å². The van der Waals surface area contributed by atoms with E-state index in [2.05, 4.69) is 26.2 Å². The first-order valence-corrected chi connectivity index (χ1v) is 8.44. The Morgan fingerprint density at radius 2 is 2.00 bits per heavy atom. The average molecular weight is 389 g/mol. The van der Waals surface area contributed by atoms with E-state index in [-0.39, 0.29) is 5.91 Å². The van der Waals surface area contributed by atoms with Crippen LogP contribution in [0.4, 0.5) is 5.69 Å². The Morgan fingerprint density at radius 3 is 2.70 bits per heavy atom. The van der Waals surface area contributed by atoms with Crippen molar-refractivity contribution in [2.45, 2.75) is 0 Å². The van der Waals surface area contributed by atoms with E-state index < -0.39 is 0 Å². The van der Waals surface area contributed by atoms with E-state index in [0.717, 1.165) is 21.5 Å². The fourth-order valence-electron chi connectivity index (χ4n) is 1.99. The van der Waals surface area contributed by atoms with E-state index in [1.54, 1.807) is 7.11 Å². The van der Waals surface area contributed by atoms with Gasteiger partial charge in [0, 0.05) is 4.47 Å². The molecule has 3 rings (SSSR count). The SMILES string of the molecule is COc1ccc(C=C2SC(=Nc3cccc(Br)c3)NC2=O)cc1. The molecule has 1 heterocycles. The molecular weight excluding hydrogens is 376 g/mol. The number of nitrogens with zero attached hydrogens (tertiary/aromatic N) is 1. The van der Waals surface area contributed by atoms with Crippen LogP contribution in [0.2, 0.25) is 0 Å². The highest BCUT2D eigenvalue weighted by Crippen LogP contribution is 2.29. The maximum absolute atomic E-state index is 12.1. The molecule has 2 aromatic rings. The fourth-order valence-corrected chi connectivity index (χ4v) is 3.22. The topological polar surface area (TPSA) is 50.7 Å². The molecule has 1 amide bonds. The third-order valence-corrected chi connectivity index (χ3v) is 4.51. The summed E-state index contributed by atoms with van der Waals surface area (Å²) >= 11 is 4.73. The van der Waals surface area contributed by atoms with Crippen LogP contribution in [0.1, 0.15) is 5.56 Å². The molecule has 1 fully saturated rings. The Balaban J connectivity index is 1.80. The highest BCUT2D eigenvalue weighted by Gasteiger charge is 2.23. The van der Waals surface area contributed by atoms with Crippen molar-refractivity contribution in [1.29, 1.82) is 0 Å². The molecular formula is C17H13BrN2O2S. The van der Waals surface area contributed by atoms with Crippen molar-refractivity contribution in [3.05, 3.63) is 63.5 Å². The van der Waals surface area contributed by atoms with Crippen LogP contribution < -0.4 is 10.1 Å². The molecule has 0 aromatic heterocycles. The first-order chi connectivity index (χ1) is 11.1. The minimum absolute atomic E-state index is 0.139. The van der Waals surface area contributed by atoms with Crippen LogP contribution in [0.5, 0.6) is 5.75 Å². The normalized spacial score (nSPS) is 17.6. The average Bonchev–Trinajstić information content (AvgIpc) is 2.87. The lowest BCUT2D eigenvalue weighted by Gasteiger charge is -1.99. The lowest BCUT2D eigenvalue weighted by Crippen LogP contribution is -2.19. The second kappa shape index (κ2) is 7.02. The summed E-state index contributed by atoms with van der Waals surface area (Å²) in [5.74, 6) is 0.646. The summed E-state index contributed by atoms with van der Waals surface area (Å²) in [6, 6.07) is 15.1. The minimum Gasteiger partial charge on any atom is -0.497 e. The number of carbonyl (C=O) groups is 1. The number of aliphatic imine (C=N–C) groups is 1. The zero-order valence-electron chi connectivity index (χ0n) is 12.2. The van der Waals surface area contributed by atoms with Crippen molar-refractivity contribution in [1.82, 2.24) is 5.32 Å². The summed E-state index contributed by atoms with van der Waals surface area (Å²) in [4.78, 5) is 17.1. The molecule has 1 aliphatic rings. The molecule has 0 aliphatic carbocycles. The number of halogens is 1. The van der Waals surface area contributed by atoms with Gasteiger partial charge in [-0.2, -0.15) is 0 Å². The van der Waals surface area contributed by atoms with Crippen LogP contribution in [0, 0.1) is 0 Å². The second-order valence-corrected chi connectivity index (χ2v) is 6.68. The van der Waals surface area contributed by atoms with Gasteiger partial charge in [-0.3, -0.25) is 4.79 Å². The summed E-state index contributed by atoms with van der Waals surface area (Å²) in [5.41, 5.74) is 1.72. The summed E-state index contributed by atoms with van der Waals surface area (Å²) in [6.45, 7) is 0. The minimum atomic E-state index is -0.139. The predicted molar refractivity (Wildman–Crippen MR) is 97.9 cm³/mol. The zero-order valence-corrected chi connectivity index (χ0v) is 14.6. The van der Waals surface area contributed by atoms with Gasteiger partial charge in [0.15, 0.2) is 5.17 Å². The van der Waals surface area contributed by atoms with Gasteiger partial charge < -0.3 is 10.1 Å². The summed E-state index contributed by atoms with van der Waals surface area (Å²) < 4.78 is 6.07. The van der Waals surface area contributed by atoms with E-state index in [4.69, 9.17) is 4.74 Å². The van der Waals surface area contributed by atoms with Gasteiger partial charge in [0.1, 0.15) is 5.75 Å². The van der Waals surface area contributed by atoms with Gasteiger partial charge >= 0.3 is 0 Å². The third-order valence-electron chi connectivity index (χ3n) is 3.10. The summed E-state index contributed by atoms with van der Waals surface area (Å²) in [5, 5.41) is 3.36. The lowest BCUT2D eigenvalue weighted by atomic mass is 10.2. The van der Waals surface area contributed by atoms with E-state index in [1.165, 1.54) is 11.8 Å². The second-order valence-electron chi connectivity index (χ2n) is 4.73. The molecule has 116 valence electrons. The van der Waals surface area contributed by atoms with Crippen LogP contribution in [0.25, 0.3) is 6.08 Å². The Kier molecular flexibility index (Phi) is 4.83. The molecule has 6 heteroatoms. The van der Waals surface area contributed by atoms with Crippen molar-refractivity contribution in [3.63, 3.8) is 0 Å². The first-order valence-electron chi connectivity index (χ1n) is 6.83. The molecule has 1 N–H and O–H groups in total. The van der Waals surface area contributed by atoms with Gasteiger partial charge in [-0.15, -0.1) is 0 Å². The zero-order chi connectivity index (χ0) is 16.2. The van der Waals surface area contributed by atoms with E-state index in [9.17, 15) is 4.79 Å². The number of ether oxygens (including phenoxy) is 1. The third kappa shape index (κ3) is 4.03. The fraction of sp³-hybridized carbons (Fsp3) is 0.0588. The molecule has 0 spiro atoms. The number of carbonyl (C=O) groups excluding carboxylic acids is 1. The number of thioether (sulfide) groups is 1. The maximum Gasteiger partial charge on any atom is 0.264 e. The Bertz CT molecular complexity index is 800. The number of methoxy groups -OCH3 is 1. The van der Waals surface area contributed by atoms with Gasteiger partial charge in [0.25, 0.3) is 5.91 Å². The lowest BCUT2D eigenvalue weighted by molar-refractivity contribution is -0.115. The summed E-state index contributed by atoms with van der Waals surface area (Å²) in [7, 11) is 1.62. The van der Waals surface area contributed by atoms with Crippen LogP contribution in [0.15, 0.2) is 62.9 Å². The van der Waals surface area contributed by atoms with Gasteiger partial charge in [0.05, 0.1) is 17.7 Å². The predicted octanol–water partition coefficient (Wildman–Crippen LogP) is 4.35. The molecule has 0 radical (unpaired) electrons. The van der Waals surface area contributed by atoms with Crippen molar-refractivity contribution >= 4 is 50.5 Å². The number of amidine groups is 1.